The fraction of sp³-hybridized carbons (Fsp3) is 0.364. The van der Waals surface area contributed by atoms with E-state index in [1.807, 2.05) is 24.3 Å². The zero-order chi connectivity index (χ0) is 18.6. The van der Waals surface area contributed by atoms with Crippen LogP contribution < -0.4 is 5.32 Å². The Morgan fingerprint density at radius 1 is 1.19 bits per heavy atom. The average Bonchev–Trinajstić information content (AvgIpc) is 3.13. The number of thiazole rings is 1. The van der Waals surface area contributed by atoms with Crippen LogP contribution in [0.2, 0.25) is 0 Å². The van der Waals surface area contributed by atoms with Gasteiger partial charge in [-0.3, -0.25) is 9.69 Å². The molecule has 5 heteroatoms. The zero-order valence-electron chi connectivity index (χ0n) is 15.6. The van der Waals surface area contributed by atoms with Gasteiger partial charge in [0.15, 0.2) is 0 Å². The van der Waals surface area contributed by atoms with Crippen LogP contribution in [-0.4, -0.2) is 28.9 Å². The van der Waals surface area contributed by atoms with E-state index in [0.717, 1.165) is 42.0 Å². The van der Waals surface area contributed by atoms with Gasteiger partial charge in [-0.2, -0.15) is 0 Å². The number of hydrogen-bond donors (Lipinski definition) is 1. The van der Waals surface area contributed by atoms with Crippen LogP contribution in [0.15, 0.2) is 48.5 Å². The van der Waals surface area contributed by atoms with Gasteiger partial charge >= 0.3 is 0 Å². The van der Waals surface area contributed by atoms with Gasteiger partial charge < -0.3 is 5.32 Å². The zero-order valence-corrected chi connectivity index (χ0v) is 16.5. The van der Waals surface area contributed by atoms with Crippen molar-refractivity contribution in [3.05, 3.63) is 59.1 Å². The number of carbonyl (C=O) groups is 1. The molecule has 3 aromatic rings. The summed E-state index contributed by atoms with van der Waals surface area (Å²) in [6.45, 7) is 3.47. The number of nitrogens with one attached hydrogen (secondary N) is 1. The minimum absolute atomic E-state index is 0.0592. The van der Waals surface area contributed by atoms with Gasteiger partial charge in [0.2, 0.25) is 5.91 Å². The first-order chi connectivity index (χ1) is 13.2. The normalized spacial score (nSPS) is 17.9. The van der Waals surface area contributed by atoms with Crippen molar-refractivity contribution >= 4 is 33.1 Å². The molecule has 1 amide bonds. The molecule has 27 heavy (non-hydrogen) atoms. The second kappa shape index (κ2) is 8.19. The molecule has 0 unspecified atom stereocenters. The van der Waals surface area contributed by atoms with E-state index in [1.54, 1.807) is 11.3 Å². The van der Waals surface area contributed by atoms with Crippen LogP contribution in [0.4, 0.5) is 5.69 Å². The van der Waals surface area contributed by atoms with Crippen molar-refractivity contribution in [2.75, 3.05) is 18.4 Å². The highest BCUT2D eigenvalue weighted by Gasteiger charge is 2.28. The van der Waals surface area contributed by atoms with Crippen LogP contribution in [0, 0.1) is 0 Å². The molecule has 1 N–H and O–H groups in total. The molecule has 0 saturated carbocycles. The van der Waals surface area contributed by atoms with Crippen molar-refractivity contribution in [2.45, 2.75) is 38.6 Å². The third-order valence-electron chi connectivity index (χ3n) is 5.23. The second-order valence-corrected chi connectivity index (χ2v) is 8.12. The summed E-state index contributed by atoms with van der Waals surface area (Å²) >= 11 is 1.76. The highest BCUT2D eigenvalue weighted by Crippen LogP contribution is 2.35. The molecule has 140 valence electrons. The summed E-state index contributed by atoms with van der Waals surface area (Å²) in [5.74, 6) is 0.0592. The van der Waals surface area contributed by atoms with E-state index in [1.165, 1.54) is 16.7 Å². The molecule has 0 aliphatic carbocycles. The van der Waals surface area contributed by atoms with Gasteiger partial charge in [0.1, 0.15) is 5.01 Å². The summed E-state index contributed by atoms with van der Waals surface area (Å²) in [4.78, 5) is 19.9. The number of carbonyl (C=O) groups excluding carboxylic acids is 1. The lowest BCUT2D eigenvalue weighted by atomic mass is 10.0. The van der Waals surface area contributed by atoms with E-state index in [9.17, 15) is 4.79 Å². The van der Waals surface area contributed by atoms with Gasteiger partial charge in [-0.05, 0) is 49.6 Å². The number of para-hydroxylation sites is 2. The van der Waals surface area contributed by atoms with Crippen molar-refractivity contribution < 1.29 is 4.79 Å². The van der Waals surface area contributed by atoms with Crippen molar-refractivity contribution in [2.24, 2.45) is 0 Å². The molecule has 1 aliphatic heterocycles. The lowest BCUT2D eigenvalue weighted by molar-refractivity contribution is -0.118. The van der Waals surface area contributed by atoms with Crippen molar-refractivity contribution in [3.8, 4) is 0 Å². The van der Waals surface area contributed by atoms with Crippen molar-refractivity contribution in [1.29, 1.82) is 0 Å². The maximum Gasteiger partial charge on any atom is 0.238 e. The summed E-state index contributed by atoms with van der Waals surface area (Å²) in [5.41, 5.74) is 3.16. The summed E-state index contributed by atoms with van der Waals surface area (Å²) in [6, 6.07) is 16.6. The monoisotopic (exact) mass is 379 g/mol. The van der Waals surface area contributed by atoms with Crippen molar-refractivity contribution in [1.82, 2.24) is 9.88 Å². The summed E-state index contributed by atoms with van der Waals surface area (Å²) in [6.07, 6.45) is 4.31. The second-order valence-electron chi connectivity index (χ2n) is 7.06. The van der Waals surface area contributed by atoms with Gasteiger partial charge in [0.05, 0.1) is 22.8 Å². The van der Waals surface area contributed by atoms with Gasteiger partial charge in [-0.25, -0.2) is 4.98 Å². The Bertz CT molecular complexity index is 903. The fourth-order valence-electron chi connectivity index (χ4n) is 3.82. The molecule has 4 rings (SSSR count). The number of rotatable bonds is 5. The SMILES string of the molecule is CCc1ccccc1NC(=O)CN1CCCC[C@H]1c1nc2ccccc2s1. The summed E-state index contributed by atoms with van der Waals surface area (Å²) < 4.78 is 1.22. The molecule has 1 aliphatic rings. The van der Waals surface area contributed by atoms with Crippen LogP contribution in [0.5, 0.6) is 0 Å². The molecule has 1 fully saturated rings. The number of piperidine rings is 1. The number of anilines is 1. The fourth-order valence-corrected chi connectivity index (χ4v) is 4.95. The molecule has 1 aromatic heterocycles. The average molecular weight is 380 g/mol. The molecule has 0 spiro atoms. The van der Waals surface area contributed by atoms with E-state index in [-0.39, 0.29) is 11.9 Å². The number of aryl methyl sites for hydroxylation is 1. The van der Waals surface area contributed by atoms with Crippen LogP contribution in [-0.2, 0) is 11.2 Å². The molecule has 4 nitrogen and oxygen atoms in total. The lowest BCUT2D eigenvalue weighted by Crippen LogP contribution is -2.39. The molecule has 0 radical (unpaired) electrons. The number of hydrogen-bond acceptors (Lipinski definition) is 4. The Morgan fingerprint density at radius 3 is 2.85 bits per heavy atom. The first kappa shape index (κ1) is 18.1. The lowest BCUT2D eigenvalue weighted by Gasteiger charge is -2.33. The Hall–Kier alpha value is -2.24. The number of likely N-dealkylation sites (tertiary alicyclic amines) is 1. The van der Waals surface area contributed by atoms with Gasteiger partial charge in [0, 0.05) is 5.69 Å². The number of benzene rings is 2. The standard InChI is InChI=1S/C22H25N3OS/c1-2-16-9-3-4-10-17(16)23-21(26)15-25-14-8-7-12-19(25)22-24-18-11-5-6-13-20(18)27-22/h3-6,9-11,13,19H,2,7-8,12,14-15H2,1H3,(H,23,26)/t19-/m0/s1. The van der Waals surface area contributed by atoms with Gasteiger partial charge in [0.25, 0.3) is 0 Å². The quantitative estimate of drug-likeness (QED) is 0.677. The predicted molar refractivity (Wildman–Crippen MR) is 112 cm³/mol. The number of aromatic nitrogens is 1. The largest absolute Gasteiger partial charge is 0.325 e. The van der Waals surface area contributed by atoms with E-state index in [2.05, 4.69) is 41.4 Å². The minimum Gasteiger partial charge on any atom is -0.325 e. The smallest absolute Gasteiger partial charge is 0.238 e. The molecule has 2 aromatic carbocycles. The van der Waals surface area contributed by atoms with E-state index in [4.69, 9.17) is 4.98 Å². The van der Waals surface area contributed by atoms with E-state index in [0.29, 0.717) is 6.54 Å². The Labute approximate surface area is 164 Å². The Kier molecular flexibility index (Phi) is 5.50. The molecule has 2 heterocycles. The predicted octanol–water partition coefficient (Wildman–Crippen LogP) is 5.02. The number of nitrogens with zero attached hydrogens (tertiary/aromatic N) is 2. The van der Waals surface area contributed by atoms with E-state index < -0.39 is 0 Å². The minimum atomic E-state index is 0.0592. The first-order valence-electron chi connectivity index (χ1n) is 9.72. The van der Waals surface area contributed by atoms with E-state index >= 15 is 0 Å². The van der Waals surface area contributed by atoms with Crippen LogP contribution >= 0.6 is 11.3 Å². The van der Waals surface area contributed by atoms with Crippen LogP contribution in [0.25, 0.3) is 10.2 Å². The molecule has 1 atom stereocenters. The Balaban J connectivity index is 1.49. The van der Waals surface area contributed by atoms with Crippen LogP contribution in [0.3, 0.4) is 0 Å². The maximum atomic E-state index is 12.7. The summed E-state index contributed by atoms with van der Waals surface area (Å²) in [7, 11) is 0. The third-order valence-corrected chi connectivity index (χ3v) is 6.37. The molecule has 1 saturated heterocycles. The molecular formula is C22H25N3OS. The van der Waals surface area contributed by atoms with Gasteiger partial charge in [-0.1, -0.05) is 43.7 Å². The molecular weight excluding hydrogens is 354 g/mol. The Morgan fingerprint density at radius 2 is 2.00 bits per heavy atom. The maximum absolute atomic E-state index is 12.7. The van der Waals surface area contributed by atoms with Crippen LogP contribution in [0.1, 0.15) is 42.8 Å². The molecule has 0 bridgehead atoms. The number of amides is 1. The van der Waals surface area contributed by atoms with Crippen molar-refractivity contribution in [3.63, 3.8) is 0 Å². The highest BCUT2D eigenvalue weighted by atomic mass is 32.1. The third kappa shape index (κ3) is 4.04. The highest BCUT2D eigenvalue weighted by molar-refractivity contribution is 7.18. The van der Waals surface area contributed by atoms with Gasteiger partial charge in [-0.15, -0.1) is 11.3 Å². The number of fused-ring (bicyclic) bond motifs is 1. The topological polar surface area (TPSA) is 45.2 Å². The summed E-state index contributed by atoms with van der Waals surface area (Å²) in [5, 5.41) is 4.25. The first-order valence-corrected chi connectivity index (χ1v) is 10.5.